The number of nitrogens with two attached hydrogens (primary N) is 1. The smallest absolute Gasteiger partial charge is 0.326 e. The summed E-state index contributed by atoms with van der Waals surface area (Å²) >= 11 is 0. The van der Waals surface area contributed by atoms with Gasteiger partial charge in [-0.05, 0) is 127 Å². The van der Waals surface area contributed by atoms with Gasteiger partial charge in [0.05, 0.1) is 42.7 Å². The zero-order valence-corrected chi connectivity index (χ0v) is 60.1. The summed E-state index contributed by atoms with van der Waals surface area (Å²) in [4.78, 5) is 172. The van der Waals surface area contributed by atoms with Gasteiger partial charge in [-0.2, -0.15) is 0 Å². The molecule has 26 nitrogen and oxygen atoms in total. The van der Waals surface area contributed by atoms with Crippen LogP contribution in [0.1, 0.15) is 99.3 Å². The van der Waals surface area contributed by atoms with E-state index in [2.05, 4.69) is 37.2 Å². The maximum atomic E-state index is 15.2. The first-order valence-electron chi connectivity index (χ1n) is 35.4. The van der Waals surface area contributed by atoms with E-state index in [0.717, 1.165) is 21.5 Å². The molecule has 6 aromatic carbocycles. The lowest BCUT2D eigenvalue weighted by Gasteiger charge is -2.36. The van der Waals surface area contributed by atoms with Crippen LogP contribution in [0.5, 0.6) is 5.75 Å². The van der Waals surface area contributed by atoms with E-state index in [1.807, 2.05) is 72.8 Å². The first-order chi connectivity index (χ1) is 50.0. The number of carbonyl (C=O) groups excluding carboxylic acids is 10. The van der Waals surface area contributed by atoms with Crippen LogP contribution >= 0.6 is 0 Å². The standard InChI is InChI=1S/C79H94N10O16/c1-45(81-6)66(90)38-56(40-68(80)92)75(98)89-44-60-42-65(89)74(97)84-61(36-49-20-24-51-14-8-10-16-54(51)33-49)67(91)39-57(77(100)101)32-47-18-26-53(27-19-47)71(94)83-58-41-64(88(43-58)76(99)69(79(3,4)5)87-70(93)46(2)82-7)73(96)85-62(37-50-21-25-52-15-9-11-17-55(52)34-50)72(95)86-63(78(102)103)35-48-22-28-59(29-23-48)104-30-12-13-31-105-60/h8-29,33-34,45-46,56-58,60-65,69,81-82H,30-32,35-44H2,1-7H3,(H2,80,92)(H,83,94)(H,84,97)(H,85,96)(H,86,95)(H,87,93)(H,100,101)(H,102,103)/b13-12+/t45-,46-,56-,57+,58-,60-,61-,62-,63-,64-,65-,69+/m0/s1. The summed E-state index contributed by atoms with van der Waals surface area (Å²) in [6, 6.07) is 27.9. The lowest BCUT2D eigenvalue weighted by molar-refractivity contribution is -0.145. The van der Waals surface area contributed by atoms with E-state index in [4.69, 9.17) is 15.2 Å². The van der Waals surface area contributed by atoms with Crippen molar-refractivity contribution in [3.8, 4) is 5.75 Å². The Labute approximate surface area is 609 Å². The summed E-state index contributed by atoms with van der Waals surface area (Å²) in [7, 11) is 3.15. The Kier molecular flexibility index (Phi) is 26.6. The molecule has 2 fully saturated rings. The van der Waals surface area contributed by atoms with Crippen molar-refractivity contribution >= 4 is 92.3 Å². The van der Waals surface area contributed by atoms with Crippen LogP contribution in [0.15, 0.2) is 146 Å². The van der Waals surface area contributed by atoms with Crippen LogP contribution in [-0.4, -0.2) is 192 Å². The minimum Gasteiger partial charge on any atom is -0.490 e. The van der Waals surface area contributed by atoms with E-state index in [1.165, 1.54) is 34.1 Å². The number of primary amides is 1. The highest BCUT2D eigenvalue weighted by Gasteiger charge is 2.48. The summed E-state index contributed by atoms with van der Waals surface area (Å²) in [5, 5.41) is 44.8. The molecule has 12 rings (SSSR count). The molecule has 26 heteroatoms. The van der Waals surface area contributed by atoms with Gasteiger partial charge in [-0.25, -0.2) is 4.79 Å². The number of likely N-dealkylation sites (tertiary alicyclic amines) is 2. The highest BCUT2D eigenvalue weighted by molar-refractivity contribution is 6.00. The molecule has 0 radical (unpaired) electrons. The number of nitrogens with zero attached hydrogens (tertiary/aromatic N) is 2. The molecule has 6 aliphatic heterocycles. The van der Waals surface area contributed by atoms with Gasteiger partial charge in [0.2, 0.25) is 41.4 Å². The minimum absolute atomic E-state index is 0.0302. The van der Waals surface area contributed by atoms with Crippen molar-refractivity contribution in [2.24, 2.45) is 23.0 Å². The predicted molar refractivity (Wildman–Crippen MR) is 391 cm³/mol. The average molecular weight is 1440 g/mol. The molecule has 6 heterocycles. The number of amides is 8. The fourth-order valence-corrected chi connectivity index (χ4v) is 13.4. The monoisotopic (exact) mass is 1440 g/mol. The topological polar surface area (TPSA) is 380 Å². The number of hydrogen-bond acceptors (Lipinski definition) is 16. The average Bonchev–Trinajstić information content (AvgIpc) is 1.69. The number of ketones is 2. The van der Waals surface area contributed by atoms with Gasteiger partial charge >= 0.3 is 11.9 Å². The van der Waals surface area contributed by atoms with Crippen LogP contribution in [0.4, 0.5) is 0 Å². The summed E-state index contributed by atoms with van der Waals surface area (Å²) in [6.07, 6.45) is 0.128. The Balaban J connectivity index is 1.05. The fourth-order valence-electron chi connectivity index (χ4n) is 13.4. The maximum absolute atomic E-state index is 15.2. The van der Waals surface area contributed by atoms with Gasteiger partial charge < -0.3 is 72.4 Å². The normalized spacial score (nSPS) is 22.6. The van der Waals surface area contributed by atoms with Crippen molar-refractivity contribution in [3.05, 3.63) is 173 Å². The Morgan fingerprint density at radius 3 is 1.72 bits per heavy atom. The molecule has 11 N–H and O–H groups in total. The second-order valence-electron chi connectivity index (χ2n) is 28.5. The van der Waals surface area contributed by atoms with Crippen molar-refractivity contribution in [3.63, 3.8) is 0 Å². The molecule has 105 heavy (non-hydrogen) atoms. The number of carbonyl (C=O) groups is 12. The number of aliphatic carboxylic acids is 2. The predicted octanol–water partition coefficient (Wildman–Crippen LogP) is 4.29. The van der Waals surface area contributed by atoms with Crippen LogP contribution in [0.25, 0.3) is 21.5 Å². The summed E-state index contributed by atoms with van der Waals surface area (Å²) < 4.78 is 12.2. The van der Waals surface area contributed by atoms with Gasteiger partial charge in [-0.3, -0.25) is 52.7 Å². The number of carboxylic acid groups (broad SMARTS) is 2. The fraction of sp³-hybridized carbons (Fsp3) is 0.418. The van der Waals surface area contributed by atoms with Crippen LogP contribution in [0.3, 0.4) is 0 Å². The largest absolute Gasteiger partial charge is 0.490 e. The first kappa shape index (κ1) is 78.4. The van der Waals surface area contributed by atoms with E-state index in [1.54, 1.807) is 97.3 Å². The maximum Gasteiger partial charge on any atom is 0.326 e. The lowest BCUT2D eigenvalue weighted by Crippen LogP contribution is -2.61. The number of fused-ring (bicyclic) bond motifs is 2. The van der Waals surface area contributed by atoms with Crippen molar-refractivity contribution in [1.82, 2.24) is 47.0 Å². The molecule has 0 saturated carbocycles. The molecule has 0 aliphatic carbocycles. The zero-order valence-electron chi connectivity index (χ0n) is 60.1. The van der Waals surface area contributed by atoms with Gasteiger partial charge in [-0.15, -0.1) is 0 Å². The zero-order chi connectivity index (χ0) is 75.8. The molecule has 0 aromatic heterocycles. The van der Waals surface area contributed by atoms with Gasteiger partial charge in [0.1, 0.15) is 48.3 Å². The van der Waals surface area contributed by atoms with Crippen molar-refractivity contribution in [2.45, 2.75) is 153 Å². The van der Waals surface area contributed by atoms with Crippen molar-refractivity contribution in [1.29, 1.82) is 0 Å². The summed E-state index contributed by atoms with van der Waals surface area (Å²) in [5.41, 5.74) is 6.97. The second-order valence-corrected chi connectivity index (χ2v) is 28.5. The number of ether oxygens (including phenoxy) is 2. The quantitative estimate of drug-likeness (QED) is 0.0569. The number of Topliss-reactive ketones (excluding diaryl/α,β-unsaturated/α-hetero) is 2. The van der Waals surface area contributed by atoms with Crippen LogP contribution in [-0.2, 0) is 83.2 Å². The molecular formula is C79H94N10O16. The van der Waals surface area contributed by atoms with Gasteiger partial charge in [0.25, 0.3) is 5.91 Å². The van der Waals surface area contributed by atoms with E-state index in [9.17, 15) is 53.4 Å². The van der Waals surface area contributed by atoms with Crippen LogP contribution < -0.4 is 47.7 Å². The Morgan fingerprint density at radius 2 is 1.14 bits per heavy atom. The molecule has 8 bridgehead atoms. The Hall–Kier alpha value is -10.7. The summed E-state index contributed by atoms with van der Waals surface area (Å²) in [5.74, 6) is -11.8. The minimum atomic E-state index is -1.52. The summed E-state index contributed by atoms with van der Waals surface area (Å²) in [6.45, 7) is 8.02. The lowest BCUT2D eigenvalue weighted by atomic mass is 9.85. The molecule has 6 aromatic rings. The van der Waals surface area contributed by atoms with Crippen LogP contribution in [0.2, 0.25) is 0 Å². The van der Waals surface area contributed by atoms with Gasteiger partial charge in [-0.1, -0.05) is 136 Å². The Bertz CT molecular complexity index is 4230. The highest BCUT2D eigenvalue weighted by Crippen LogP contribution is 2.30. The third-order valence-electron chi connectivity index (χ3n) is 19.7. The van der Waals surface area contributed by atoms with Gasteiger partial charge in [0, 0.05) is 63.2 Å². The van der Waals surface area contributed by atoms with E-state index < -0.39 is 156 Å². The number of benzene rings is 6. The number of likely N-dealkylation sites (N-methyl/N-ethyl adjacent to an activating group) is 2. The molecule has 2 saturated heterocycles. The number of rotatable bonds is 17. The molecule has 8 amide bonds. The molecule has 556 valence electrons. The van der Waals surface area contributed by atoms with E-state index in [-0.39, 0.29) is 82.6 Å². The third-order valence-corrected chi connectivity index (χ3v) is 19.7. The second kappa shape index (κ2) is 35.7. The molecule has 6 aliphatic rings. The molecular weight excluding hydrogens is 1340 g/mol. The SMILES string of the molecule is CN[C@@H](C)C(=O)C[C@@H](CC(N)=O)C(=O)N1C[C@@H]2C[C@H]1C(=O)N[C@@H](Cc1ccc3ccccc3c1)C(=O)C[C@H](C(=O)O)Cc1ccc(cc1)C(=O)N[C@H]1C[C@@H](C(=O)N[C@@H](Cc3ccc4ccccc4c3)C(=O)N[C@H](C(=O)O)Cc3ccc(cc3)OC/C=C/CO2)N(C(=O)[C@@H](NC(=O)[C@H](C)NC)C(C)(C)C)C1. The number of carboxylic acids is 2. The first-order valence-corrected chi connectivity index (χ1v) is 35.4. The molecule has 12 atom stereocenters. The number of nitrogens with one attached hydrogen (secondary N) is 7. The molecule has 0 spiro atoms. The number of hydrogen-bond donors (Lipinski definition) is 10. The third kappa shape index (κ3) is 21.0. The Morgan fingerprint density at radius 1 is 0.590 bits per heavy atom. The van der Waals surface area contributed by atoms with E-state index in [0.29, 0.717) is 28.0 Å². The van der Waals surface area contributed by atoms with Crippen LogP contribution in [0, 0.1) is 17.3 Å². The van der Waals surface area contributed by atoms with Crippen molar-refractivity contribution < 1.29 is 77.2 Å². The van der Waals surface area contributed by atoms with Crippen molar-refractivity contribution in [2.75, 3.05) is 40.4 Å². The van der Waals surface area contributed by atoms with Gasteiger partial charge in [0.15, 0.2) is 5.78 Å². The highest BCUT2D eigenvalue weighted by atomic mass is 16.5. The van der Waals surface area contributed by atoms with E-state index >= 15 is 14.4 Å². The molecule has 0 unspecified atom stereocenters.